The first kappa shape index (κ1) is 24.8. The number of carboxylic acid groups (broad SMARTS) is 1. The Morgan fingerprint density at radius 2 is 1.90 bits per heavy atom. The topological polar surface area (TPSA) is 87.6 Å². The maximum absolute atomic E-state index is 13.7. The van der Waals surface area contributed by atoms with E-state index in [9.17, 15) is 9.59 Å². The van der Waals surface area contributed by atoms with Crippen LogP contribution in [0.5, 0.6) is 5.88 Å². The van der Waals surface area contributed by atoms with Crippen molar-refractivity contribution in [1.29, 1.82) is 0 Å². The molecule has 1 atom stereocenters. The van der Waals surface area contributed by atoms with Gasteiger partial charge in [0.2, 0.25) is 0 Å². The normalized spacial score (nSPS) is 15.0. The minimum Gasteiger partial charge on any atom is -0.481 e. The number of rotatable bonds is 7. The van der Waals surface area contributed by atoms with Crippen molar-refractivity contribution in [3.63, 3.8) is 0 Å². The van der Waals surface area contributed by atoms with Gasteiger partial charge in [-0.25, -0.2) is 0 Å². The van der Waals surface area contributed by atoms with E-state index in [0.29, 0.717) is 30.4 Å². The van der Waals surface area contributed by atoms with Gasteiger partial charge < -0.3 is 19.7 Å². The molecule has 0 saturated heterocycles. The molecule has 0 amide bonds. The van der Waals surface area contributed by atoms with E-state index in [2.05, 4.69) is 41.2 Å². The number of fused-ring (bicyclic) bond motifs is 3. The lowest BCUT2D eigenvalue weighted by Gasteiger charge is -2.33. The number of anilines is 1. The third kappa shape index (κ3) is 4.76. The predicted molar refractivity (Wildman–Crippen MR) is 153 cm³/mol. The van der Waals surface area contributed by atoms with Crippen LogP contribution in [0.25, 0.3) is 21.8 Å². The average molecular weight is 522 g/mol. The third-order valence-corrected chi connectivity index (χ3v) is 7.69. The van der Waals surface area contributed by atoms with E-state index >= 15 is 0 Å². The number of H-pyrrole nitrogens is 1. The SMILES string of the molecule is Cc1cc2c(CCC(=O)O)cccc2n1C(=O)c1ccc2[nH]c(OCC3Cc4ccccc4N(C)C3)cc2c1. The molecule has 7 heteroatoms. The Balaban J connectivity index is 1.21. The van der Waals surface area contributed by atoms with E-state index in [4.69, 9.17) is 9.84 Å². The molecule has 0 saturated carbocycles. The molecule has 2 N–H and O–H groups in total. The van der Waals surface area contributed by atoms with Crippen LogP contribution in [-0.4, -0.2) is 46.7 Å². The summed E-state index contributed by atoms with van der Waals surface area (Å²) in [4.78, 5) is 30.4. The minimum atomic E-state index is -0.834. The molecule has 0 fully saturated rings. The fourth-order valence-electron chi connectivity index (χ4n) is 5.84. The van der Waals surface area contributed by atoms with Crippen LogP contribution >= 0.6 is 0 Å². The second-order valence-electron chi connectivity index (χ2n) is 10.5. The van der Waals surface area contributed by atoms with Gasteiger partial charge in [-0.3, -0.25) is 14.2 Å². The van der Waals surface area contributed by atoms with Crippen LogP contribution < -0.4 is 9.64 Å². The summed E-state index contributed by atoms with van der Waals surface area (Å²) in [6, 6.07) is 23.8. The van der Waals surface area contributed by atoms with Gasteiger partial charge in [0, 0.05) is 65.2 Å². The molecule has 5 aromatic rings. The van der Waals surface area contributed by atoms with Gasteiger partial charge in [0.05, 0.1) is 12.1 Å². The van der Waals surface area contributed by atoms with Crippen LogP contribution in [0.1, 0.15) is 33.6 Å². The quantitative estimate of drug-likeness (QED) is 0.282. The minimum absolute atomic E-state index is 0.0522. The fourth-order valence-corrected chi connectivity index (χ4v) is 5.84. The van der Waals surface area contributed by atoms with Gasteiger partial charge in [0.1, 0.15) is 0 Å². The number of hydrogen-bond acceptors (Lipinski definition) is 4. The van der Waals surface area contributed by atoms with Gasteiger partial charge in [-0.2, -0.15) is 0 Å². The second kappa shape index (κ2) is 9.98. The molecule has 1 aliphatic heterocycles. The molecule has 0 radical (unpaired) electrons. The molecule has 6 rings (SSSR count). The number of benzene rings is 3. The standard InChI is InChI=1S/C32H31N3O4/c1-20-14-26-22(11-13-31(36)37)7-5-9-29(26)35(20)32(38)24-10-12-27-25(16-24)17-30(33-27)39-19-21-15-23-6-3-4-8-28(23)34(2)18-21/h3-10,12,14,16-17,21,33H,11,13,15,18-19H2,1-2H3,(H,36,37). The van der Waals surface area contributed by atoms with Gasteiger partial charge >= 0.3 is 5.97 Å². The molecule has 1 aliphatic rings. The number of carbonyl (C=O) groups is 2. The van der Waals surface area contributed by atoms with E-state index in [-0.39, 0.29) is 12.3 Å². The number of nitrogens with zero attached hydrogens (tertiary/aromatic N) is 2. The summed E-state index contributed by atoms with van der Waals surface area (Å²) in [6.45, 7) is 3.45. The van der Waals surface area contributed by atoms with Gasteiger partial charge in [-0.15, -0.1) is 0 Å². The molecule has 2 aromatic heterocycles. The van der Waals surface area contributed by atoms with Gasteiger partial charge in [-0.05, 0) is 67.3 Å². The molecular formula is C32H31N3O4. The lowest BCUT2D eigenvalue weighted by atomic mass is 9.93. The second-order valence-corrected chi connectivity index (χ2v) is 10.5. The van der Waals surface area contributed by atoms with Gasteiger partial charge in [0.25, 0.3) is 5.91 Å². The summed E-state index contributed by atoms with van der Waals surface area (Å²) in [7, 11) is 2.12. The summed E-state index contributed by atoms with van der Waals surface area (Å²) in [5, 5.41) is 10.9. The van der Waals surface area contributed by atoms with Crippen LogP contribution in [0.3, 0.4) is 0 Å². The van der Waals surface area contributed by atoms with Crippen molar-refractivity contribution in [2.24, 2.45) is 5.92 Å². The molecule has 0 bridgehead atoms. The first-order valence-electron chi connectivity index (χ1n) is 13.3. The van der Waals surface area contributed by atoms with Crippen molar-refractivity contribution >= 4 is 39.4 Å². The number of carboxylic acids is 1. The number of aromatic amines is 1. The van der Waals surface area contributed by atoms with E-state index in [0.717, 1.165) is 46.0 Å². The molecule has 39 heavy (non-hydrogen) atoms. The van der Waals surface area contributed by atoms with Crippen molar-refractivity contribution in [3.05, 3.63) is 95.2 Å². The highest BCUT2D eigenvalue weighted by Gasteiger charge is 2.23. The summed E-state index contributed by atoms with van der Waals surface area (Å²) in [5.41, 5.74) is 6.67. The number of carbonyl (C=O) groups excluding carboxylic acids is 1. The maximum atomic E-state index is 13.7. The molecule has 198 valence electrons. The Kier molecular flexibility index (Phi) is 6.35. The zero-order chi connectivity index (χ0) is 27.1. The summed E-state index contributed by atoms with van der Waals surface area (Å²) in [5.74, 6) is 0.131. The Morgan fingerprint density at radius 3 is 2.74 bits per heavy atom. The molecule has 0 aliphatic carbocycles. The van der Waals surface area contributed by atoms with Crippen molar-refractivity contribution in [1.82, 2.24) is 9.55 Å². The van der Waals surface area contributed by atoms with E-state index in [1.165, 1.54) is 11.3 Å². The third-order valence-electron chi connectivity index (χ3n) is 7.69. The first-order valence-corrected chi connectivity index (χ1v) is 13.3. The number of nitrogens with one attached hydrogen (secondary N) is 1. The Labute approximate surface area is 226 Å². The lowest BCUT2D eigenvalue weighted by molar-refractivity contribution is -0.136. The van der Waals surface area contributed by atoms with Gasteiger partial charge in [-0.1, -0.05) is 30.3 Å². The molecule has 0 spiro atoms. The number of aliphatic carboxylic acids is 1. The number of aromatic nitrogens is 2. The van der Waals surface area contributed by atoms with Crippen LogP contribution in [-0.2, 0) is 17.6 Å². The zero-order valence-electron chi connectivity index (χ0n) is 22.1. The summed E-state index contributed by atoms with van der Waals surface area (Å²) < 4.78 is 7.89. The fraction of sp³-hybridized carbons (Fsp3) is 0.250. The monoisotopic (exact) mass is 521 g/mol. The first-order chi connectivity index (χ1) is 18.9. The molecule has 3 aromatic carbocycles. The van der Waals surface area contributed by atoms with Gasteiger partial charge in [0.15, 0.2) is 5.88 Å². The maximum Gasteiger partial charge on any atom is 0.303 e. The van der Waals surface area contributed by atoms with Crippen molar-refractivity contribution in [2.75, 3.05) is 25.1 Å². The van der Waals surface area contributed by atoms with Crippen molar-refractivity contribution < 1.29 is 19.4 Å². The highest BCUT2D eigenvalue weighted by Crippen LogP contribution is 2.30. The van der Waals surface area contributed by atoms with E-state index < -0.39 is 5.97 Å². The Bertz CT molecular complexity index is 1710. The average Bonchev–Trinajstić information content (AvgIpc) is 3.49. The van der Waals surface area contributed by atoms with Crippen molar-refractivity contribution in [3.8, 4) is 5.88 Å². The molecular weight excluding hydrogens is 490 g/mol. The Morgan fingerprint density at radius 1 is 1.05 bits per heavy atom. The van der Waals surface area contributed by atoms with Crippen LogP contribution in [0, 0.1) is 12.8 Å². The smallest absolute Gasteiger partial charge is 0.303 e. The lowest BCUT2D eigenvalue weighted by Crippen LogP contribution is -2.35. The van der Waals surface area contributed by atoms with Crippen LogP contribution in [0.4, 0.5) is 5.69 Å². The highest BCUT2D eigenvalue weighted by molar-refractivity contribution is 6.05. The molecule has 7 nitrogen and oxygen atoms in total. The van der Waals surface area contributed by atoms with E-state index in [1.807, 2.05) is 55.5 Å². The predicted octanol–water partition coefficient (Wildman–Crippen LogP) is 5.82. The molecule has 1 unspecified atom stereocenters. The number of ether oxygens (including phenoxy) is 1. The van der Waals surface area contributed by atoms with Crippen molar-refractivity contribution in [2.45, 2.75) is 26.2 Å². The highest BCUT2D eigenvalue weighted by atomic mass is 16.5. The summed E-state index contributed by atoms with van der Waals surface area (Å²) >= 11 is 0. The Hall–Kier alpha value is -4.52. The number of para-hydroxylation sites is 1. The summed E-state index contributed by atoms with van der Waals surface area (Å²) in [6.07, 6.45) is 1.46. The largest absolute Gasteiger partial charge is 0.481 e. The van der Waals surface area contributed by atoms with Crippen LogP contribution in [0.2, 0.25) is 0 Å². The molecule has 3 heterocycles. The van der Waals surface area contributed by atoms with Crippen LogP contribution in [0.15, 0.2) is 72.8 Å². The zero-order valence-corrected chi connectivity index (χ0v) is 22.1. The number of hydrogen-bond donors (Lipinski definition) is 2. The van der Waals surface area contributed by atoms with E-state index in [1.54, 1.807) is 4.57 Å². The number of aryl methyl sites for hydroxylation is 2.